The molecule has 0 aliphatic rings. The summed E-state index contributed by atoms with van der Waals surface area (Å²) >= 11 is 0. The van der Waals surface area contributed by atoms with Gasteiger partial charge in [0.05, 0.1) is 5.69 Å². The maximum absolute atomic E-state index is 12.8. The molecule has 1 aromatic heterocycles. The van der Waals surface area contributed by atoms with Gasteiger partial charge < -0.3 is 4.98 Å². The van der Waals surface area contributed by atoms with Crippen LogP contribution in [0.4, 0.5) is 15.8 Å². The summed E-state index contributed by atoms with van der Waals surface area (Å²) < 4.78 is 12.8. The zero-order valence-corrected chi connectivity index (χ0v) is 10.9. The molecule has 0 bridgehead atoms. The van der Waals surface area contributed by atoms with Crippen molar-refractivity contribution in [2.45, 2.75) is 13.8 Å². The van der Waals surface area contributed by atoms with Crippen LogP contribution in [0.15, 0.2) is 39.3 Å². The predicted octanol–water partition coefficient (Wildman–Crippen LogP) is 3.42. The van der Waals surface area contributed by atoms with E-state index in [1.165, 1.54) is 24.3 Å². The van der Waals surface area contributed by atoms with Crippen LogP contribution in [-0.4, -0.2) is 4.98 Å². The summed E-state index contributed by atoms with van der Waals surface area (Å²) in [6, 6.07) is 7.37. The lowest BCUT2D eigenvalue weighted by Crippen LogP contribution is -2.13. The summed E-state index contributed by atoms with van der Waals surface area (Å²) in [7, 11) is 0. The number of hydrogen-bond acceptors (Lipinski definition) is 4. The Hall–Kier alpha value is -2.81. The topological polar surface area (TPSA) is 81.4 Å². The van der Waals surface area contributed by atoms with Crippen molar-refractivity contribution < 1.29 is 4.39 Å². The molecular formula is C14H11FN4O. The van der Waals surface area contributed by atoms with Crippen LogP contribution in [0.3, 0.4) is 0 Å². The van der Waals surface area contributed by atoms with Gasteiger partial charge >= 0.3 is 0 Å². The van der Waals surface area contributed by atoms with Crippen molar-refractivity contribution >= 4 is 11.4 Å². The van der Waals surface area contributed by atoms with Crippen molar-refractivity contribution in [1.29, 1.82) is 5.26 Å². The summed E-state index contributed by atoms with van der Waals surface area (Å²) in [5, 5.41) is 17.0. The number of aromatic amines is 1. The van der Waals surface area contributed by atoms with Crippen molar-refractivity contribution in [3.63, 3.8) is 0 Å². The number of benzene rings is 1. The van der Waals surface area contributed by atoms with Gasteiger partial charge in [-0.15, -0.1) is 5.11 Å². The second-order valence-electron chi connectivity index (χ2n) is 4.22. The largest absolute Gasteiger partial charge is 0.323 e. The van der Waals surface area contributed by atoms with Gasteiger partial charge in [-0.05, 0) is 38.1 Å². The quantitative estimate of drug-likeness (QED) is 0.848. The highest BCUT2D eigenvalue weighted by atomic mass is 19.1. The number of halogens is 1. The second kappa shape index (κ2) is 5.45. The van der Waals surface area contributed by atoms with Crippen LogP contribution in [0.5, 0.6) is 0 Å². The number of pyridine rings is 1. The number of azo groups is 1. The molecule has 0 saturated heterocycles. The Morgan fingerprint density at radius 3 is 2.45 bits per heavy atom. The van der Waals surface area contributed by atoms with Crippen molar-refractivity contribution in [2.75, 3.05) is 0 Å². The molecule has 5 nitrogen and oxygen atoms in total. The van der Waals surface area contributed by atoms with Gasteiger partial charge in [-0.1, -0.05) is 0 Å². The molecule has 0 atom stereocenters. The minimum atomic E-state index is -0.441. The molecule has 1 heterocycles. The van der Waals surface area contributed by atoms with Gasteiger partial charge in [-0.2, -0.15) is 10.4 Å². The summed E-state index contributed by atoms with van der Waals surface area (Å²) in [6.07, 6.45) is 0. The highest BCUT2D eigenvalue weighted by molar-refractivity contribution is 5.55. The van der Waals surface area contributed by atoms with Gasteiger partial charge in [0.25, 0.3) is 5.56 Å². The van der Waals surface area contributed by atoms with Gasteiger partial charge in [-0.25, -0.2) is 4.39 Å². The number of aryl methyl sites for hydroxylation is 1. The first-order valence-corrected chi connectivity index (χ1v) is 5.84. The third-order valence-electron chi connectivity index (χ3n) is 2.82. The Morgan fingerprint density at radius 1 is 1.20 bits per heavy atom. The van der Waals surface area contributed by atoms with E-state index in [1.54, 1.807) is 13.8 Å². The zero-order valence-electron chi connectivity index (χ0n) is 10.9. The van der Waals surface area contributed by atoms with E-state index in [0.29, 0.717) is 22.6 Å². The normalized spacial score (nSPS) is 10.7. The number of nitrogens with zero attached hydrogens (tertiary/aromatic N) is 3. The maximum atomic E-state index is 12.8. The summed E-state index contributed by atoms with van der Waals surface area (Å²) in [4.78, 5) is 14.1. The number of aromatic nitrogens is 1. The van der Waals surface area contributed by atoms with Crippen molar-refractivity contribution in [1.82, 2.24) is 4.98 Å². The van der Waals surface area contributed by atoms with Crippen LogP contribution in [0.1, 0.15) is 16.8 Å². The van der Waals surface area contributed by atoms with Gasteiger partial charge in [0.2, 0.25) is 0 Å². The molecule has 0 aliphatic carbocycles. The lowest BCUT2D eigenvalue weighted by molar-refractivity contribution is 0.628. The molecule has 2 aromatic rings. The Balaban J connectivity index is 2.46. The fraction of sp³-hybridized carbons (Fsp3) is 0.143. The lowest BCUT2D eigenvalue weighted by Gasteiger charge is -2.04. The van der Waals surface area contributed by atoms with Crippen molar-refractivity contribution in [3.05, 3.63) is 57.3 Å². The van der Waals surface area contributed by atoms with Gasteiger partial charge in [0.1, 0.15) is 23.1 Å². The van der Waals surface area contributed by atoms with E-state index in [-0.39, 0.29) is 11.4 Å². The molecule has 1 aromatic carbocycles. The Morgan fingerprint density at radius 2 is 1.85 bits per heavy atom. The van der Waals surface area contributed by atoms with E-state index < -0.39 is 5.56 Å². The molecule has 1 N–H and O–H groups in total. The van der Waals surface area contributed by atoms with E-state index in [1.807, 2.05) is 6.07 Å². The van der Waals surface area contributed by atoms with E-state index in [9.17, 15) is 9.18 Å². The minimum absolute atomic E-state index is 0.0173. The molecule has 100 valence electrons. The third-order valence-corrected chi connectivity index (χ3v) is 2.82. The SMILES string of the molecule is Cc1[nH]c(=O)c(C#N)c(C)c1N=Nc1ccc(F)cc1. The monoisotopic (exact) mass is 270 g/mol. The average molecular weight is 270 g/mol. The van der Waals surface area contributed by atoms with Crippen LogP contribution in [-0.2, 0) is 0 Å². The molecule has 0 spiro atoms. The summed E-state index contributed by atoms with van der Waals surface area (Å²) in [5.41, 5.74) is 1.49. The Kier molecular flexibility index (Phi) is 3.71. The molecule has 6 heteroatoms. The minimum Gasteiger partial charge on any atom is -0.323 e. The van der Waals surface area contributed by atoms with Crippen LogP contribution >= 0.6 is 0 Å². The number of hydrogen-bond donors (Lipinski definition) is 1. The molecule has 0 radical (unpaired) electrons. The van der Waals surface area contributed by atoms with Gasteiger partial charge in [0, 0.05) is 11.3 Å². The average Bonchev–Trinajstić information content (AvgIpc) is 2.40. The third kappa shape index (κ3) is 2.62. The first kappa shape index (κ1) is 13.6. The van der Waals surface area contributed by atoms with Gasteiger partial charge in [0.15, 0.2) is 0 Å². The first-order chi connectivity index (χ1) is 9.52. The fourth-order valence-electron chi connectivity index (χ4n) is 1.76. The van der Waals surface area contributed by atoms with E-state index in [4.69, 9.17) is 5.26 Å². The number of nitriles is 1. The van der Waals surface area contributed by atoms with Crippen molar-refractivity contribution in [3.8, 4) is 6.07 Å². The number of nitrogens with one attached hydrogen (secondary N) is 1. The van der Waals surface area contributed by atoms with E-state index >= 15 is 0 Å². The molecule has 0 amide bonds. The number of H-pyrrole nitrogens is 1. The molecule has 0 fully saturated rings. The fourth-order valence-corrected chi connectivity index (χ4v) is 1.76. The highest BCUT2D eigenvalue weighted by Gasteiger charge is 2.11. The molecule has 2 rings (SSSR count). The van der Waals surface area contributed by atoms with Crippen LogP contribution in [0.2, 0.25) is 0 Å². The van der Waals surface area contributed by atoms with Crippen molar-refractivity contribution in [2.24, 2.45) is 10.2 Å². The standard InChI is InChI=1S/C14H11FN4O/c1-8-12(7-16)14(20)17-9(2)13(8)19-18-11-5-3-10(15)4-6-11/h3-6H,1-2H3,(H,17,20). The summed E-state index contributed by atoms with van der Waals surface area (Å²) in [5.74, 6) is -0.355. The first-order valence-electron chi connectivity index (χ1n) is 5.84. The van der Waals surface area contributed by atoms with E-state index in [2.05, 4.69) is 15.2 Å². The van der Waals surface area contributed by atoms with Crippen LogP contribution < -0.4 is 5.56 Å². The molecule has 0 unspecified atom stereocenters. The number of rotatable bonds is 2. The molecule has 0 aliphatic heterocycles. The Labute approximate surface area is 114 Å². The molecular weight excluding hydrogens is 259 g/mol. The lowest BCUT2D eigenvalue weighted by atomic mass is 10.1. The van der Waals surface area contributed by atoms with Crippen LogP contribution in [0.25, 0.3) is 0 Å². The maximum Gasteiger partial charge on any atom is 0.266 e. The molecule has 20 heavy (non-hydrogen) atoms. The zero-order chi connectivity index (χ0) is 14.7. The summed E-state index contributed by atoms with van der Waals surface area (Å²) in [6.45, 7) is 3.31. The highest BCUT2D eigenvalue weighted by Crippen LogP contribution is 2.25. The van der Waals surface area contributed by atoms with E-state index in [0.717, 1.165) is 0 Å². The predicted molar refractivity (Wildman–Crippen MR) is 71.8 cm³/mol. The second-order valence-corrected chi connectivity index (χ2v) is 4.22. The van der Waals surface area contributed by atoms with Crippen LogP contribution in [0, 0.1) is 31.0 Å². The Bertz CT molecular complexity index is 769. The van der Waals surface area contributed by atoms with Gasteiger partial charge in [-0.3, -0.25) is 4.79 Å². The smallest absolute Gasteiger partial charge is 0.266 e. The molecule has 0 saturated carbocycles.